The van der Waals surface area contributed by atoms with Crippen molar-refractivity contribution in [1.29, 1.82) is 0 Å². The Morgan fingerprint density at radius 1 is 0.943 bits per heavy atom. The Bertz CT molecular complexity index is 1330. The van der Waals surface area contributed by atoms with Gasteiger partial charge in [0.15, 0.2) is 5.78 Å². The van der Waals surface area contributed by atoms with Crippen molar-refractivity contribution in [3.63, 3.8) is 0 Å². The fourth-order valence-electron chi connectivity index (χ4n) is 5.09. The maximum atomic E-state index is 13.7. The SMILES string of the molecule is CC1=C(C(=O)OCc2ccccc2)[C@@H](c2ccccc2Br)C2=C(C[C@@H](c3ccccc3)CC2=O)N1. The smallest absolute Gasteiger partial charge is 0.337 e. The lowest BCUT2D eigenvalue weighted by molar-refractivity contribution is -0.140. The summed E-state index contributed by atoms with van der Waals surface area (Å²) < 4.78 is 6.61. The Hall–Kier alpha value is -3.44. The Balaban J connectivity index is 1.53. The molecule has 0 radical (unpaired) electrons. The summed E-state index contributed by atoms with van der Waals surface area (Å²) >= 11 is 3.66. The summed E-state index contributed by atoms with van der Waals surface area (Å²) in [6, 6.07) is 27.5. The summed E-state index contributed by atoms with van der Waals surface area (Å²) in [5.41, 5.74) is 5.73. The summed E-state index contributed by atoms with van der Waals surface area (Å²) in [4.78, 5) is 27.1. The lowest BCUT2D eigenvalue weighted by Gasteiger charge is -2.37. The number of hydrogen-bond donors (Lipinski definition) is 1. The average molecular weight is 528 g/mol. The van der Waals surface area contributed by atoms with E-state index < -0.39 is 11.9 Å². The highest BCUT2D eigenvalue weighted by molar-refractivity contribution is 9.10. The molecule has 0 fully saturated rings. The third-order valence-corrected chi connectivity index (χ3v) is 7.47. The molecule has 35 heavy (non-hydrogen) atoms. The Kier molecular flexibility index (Phi) is 6.69. The molecule has 2 atom stereocenters. The van der Waals surface area contributed by atoms with Gasteiger partial charge in [0.25, 0.3) is 0 Å². The predicted octanol–water partition coefficient (Wildman–Crippen LogP) is 6.55. The van der Waals surface area contributed by atoms with E-state index in [2.05, 4.69) is 33.4 Å². The number of halogens is 1. The molecule has 3 aromatic carbocycles. The van der Waals surface area contributed by atoms with Crippen molar-refractivity contribution in [2.45, 2.75) is 38.2 Å². The van der Waals surface area contributed by atoms with Crippen LogP contribution < -0.4 is 5.32 Å². The fraction of sp³-hybridized carbons (Fsp3) is 0.200. The molecule has 0 amide bonds. The van der Waals surface area contributed by atoms with Crippen molar-refractivity contribution in [3.05, 3.63) is 129 Å². The fourth-order valence-corrected chi connectivity index (χ4v) is 5.61. The number of allylic oxidation sites excluding steroid dienone is 3. The van der Waals surface area contributed by atoms with Crippen molar-refractivity contribution >= 4 is 27.7 Å². The molecular weight excluding hydrogens is 502 g/mol. The van der Waals surface area contributed by atoms with Gasteiger partial charge in [0.05, 0.1) is 5.57 Å². The van der Waals surface area contributed by atoms with E-state index in [0.717, 1.165) is 39.0 Å². The van der Waals surface area contributed by atoms with E-state index in [9.17, 15) is 9.59 Å². The number of ether oxygens (including phenoxy) is 1. The van der Waals surface area contributed by atoms with Gasteiger partial charge in [0, 0.05) is 33.8 Å². The second kappa shape index (κ2) is 10.0. The topological polar surface area (TPSA) is 55.4 Å². The van der Waals surface area contributed by atoms with Gasteiger partial charge in [0.1, 0.15) is 6.61 Å². The molecule has 0 saturated heterocycles. The summed E-state index contributed by atoms with van der Waals surface area (Å²) in [7, 11) is 0. The highest BCUT2D eigenvalue weighted by Crippen LogP contribution is 2.47. The number of carbonyl (C=O) groups excluding carboxylic acids is 2. The van der Waals surface area contributed by atoms with Gasteiger partial charge in [-0.25, -0.2) is 4.79 Å². The molecule has 2 aliphatic rings. The maximum absolute atomic E-state index is 13.7. The van der Waals surface area contributed by atoms with Gasteiger partial charge in [0.2, 0.25) is 0 Å². The molecule has 1 aliphatic carbocycles. The van der Waals surface area contributed by atoms with Crippen LogP contribution in [-0.4, -0.2) is 11.8 Å². The zero-order chi connectivity index (χ0) is 24.4. The molecule has 5 rings (SSSR count). The lowest BCUT2D eigenvalue weighted by atomic mass is 9.72. The molecule has 0 aromatic heterocycles. The Morgan fingerprint density at radius 3 is 2.31 bits per heavy atom. The van der Waals surface area contributed by atoms with Crippen LogP contribution in [0.15, 0.2) is 112 Å². The molecular formula is C30H26BrNO3. The number of esters is 1. The van der Waals surface area contributed by atoms with E-state index in [1.54, 1.807) is 0 Å². The number of benzene rings is 3. The monoisotopic (exact) mass is 527 g/mol. The van der Waals surface area contributed by atoms with Gasteiger partial charge in [-0.3, -0.25) is 4.79 Å². The largest absolute Gasteiger partial charge is 0.457 e. The zero-order valence-corrected chi connectivity index (χ0v) is 21.0. The summed E-state index contributed by atoms with van der Waals surface area (Å²) in [6.07, 6.45) is 1.13. The van der Waals surface area contributed by atoms with E-state index in [0.29, 0.717) is 17.6 Å². The van der Waals surface area contributed by atoms with Crippen LogP contribution in [0.3, 0.4) is 0 Å². The quantitative estimate of drug-likeness (QED) is 0.382. The number of rotatable bonds is 5. The van der Waals surface area contributed by atoms with Crippen LogP contribution >= 0.6 is 15.9 Å². The Labute approximate surface area is 213 Å². The predicted molar refractivity (Wildman–Crippen MR) is 139 cm³/mol. The molecule has 1 N–H and O–H groups in total. The van der Waals surface area contributed by atoms with Gasteiger partial charge >= 0.3 is 5.97 Å². The summed E-state index contributed by atoms with van der Waals surface area (Å²) in [6.45, 7) is 2.07. The van der Waals surface area contributed by atoms with Gasteiger partial charge < -0.3 is 10.1 Å². The maximum Gasteiger partial charge on any atom is 0.337 e. The summed E-state index contributed by atoms with van der Waals surface area (Å²) in [5.74, 6) is -0.734. The molecule has 5 heteroatoms. The second-order valence-corrected chi connectivity index (χ2v) is 9.87. The van der Waals surface area contributed by atoms with Crippen LogP contribution in [0.25, 0.3) is 0 Å². The first-order valence-electron chi connectivity index (χ1n) is 11.8. The minimum Gasteiger partial charge on any atom is -0.457 e. The zero-order valence-electron chi connectivity index (χ0n) is 19.5. The number of dihydropyridines is 1. The van der Waals surface area contributed by atoms with Crippen LogP contribution in [0.4, 0.5) is 0 Å². The first-order chi connectivity index (χ1) is 17.0. The minimum atomic E-state index is -0.491. The molecule has 0 bridgehead atoms. The Morgan fingerprint density at radius 2 is 1.60 bits per heavy atom. The van der Waals surface area contributed by atoms with Gasteiger partial charge in [-0.15, -0.1) is 0 Å². The third-order valence-electron chi connectivity index (χ3n) is 6.75. The van der Waals surface area contributed by atoms with Crippen molar-refractivity contribution in [1.82, 2.24) is 5.32 Å². The molecule has 1 heterocycles. The van der Waals surface area contributed by atoms with Gasteiger partial charge in [-0.05, 0) is 42.0 Å². The molecule has 4 nitrogen and oxygen atoms in total. The number of Topliss-reactive ketones (excluding diaryl/α,β-unsaturated/α-hetero) is 1. The van der Waals surface area contributed by atoms with Crippen molar-refractivity contribution in [3.8, 4) is 0 Å². The first kappa shape index (κ1) is 23.3. The van der Waals surface area contributed by atoms with Crippen molar-refractivity contribution in [2.75, 3.05) is 0 Å². The molecule has 0 unspecified atom stereocenters. The first-order valence-corrected chi connectivity index (χ1v) is 12.6. The van der Waals surface area contributed by atoms with Crippen LogP contribution in [0.2, 0.25) is 0 Å². The standard InChI is InChI=1S/C30H26BrNO3/c1-19-27(30(34)35-18-20-10-4-2-5-11-20)28(23-14-8-9-15-24(23)31)29-25(32-19)16-22(17-26(29)33)21-12-6-3-7-13-21/h2-15,22,28,32H,16-18H2,1H3/t22-,28-/m1/s1. The number of carbonyl (C=O) groups is 2. The number of ketones is 1. The minimum absolute atomic E-state index is 0.0641. The van der Waals surface area contributed by atoms with Gasteiger partial charge in [-0.2, -0.15) is 0 Å². The summed E-state index contributed by atoms with van der Waals surface area (Å²) in [5, 5.41) is 3.42. The normalized spacial score (nSPS) is 19.8. The van der Waals surface area contributed by atoms with Crippen LogP contribution in [-0.2, 0) is 20.9 Å². The number of hydrogen-bond acceptors (Lipinski definition) is 4. The average Bonchev–Trinajstić information content (AvgIpc) is 2.88. The van der Waals surface area contributed by atoms with Gasteiger partial charge in [-0.1, -0.05) is 94.8 Å². The molecule has 0 saturated carbocycles. The molecule has 1 aliphatic heterocycles. The van der Waals surface area contributed by atoms with Crippen molar-refractivity contribution < 1.29 is 14.3 Å². The highest BCUT2D eigenvalue weighted by atomic mass is 79.9. The van der Waals surface area contributed by atoms with Crippen LogP contribution in [0.5, 0.6) is 0 Å². The molecule has 0 spiro atoms. The van der Waals surface area contributed by atoms with Crippen LogP contribution in [0.1, 0.15) is 48.3 Å². The molecule has 176 valence electrons. The second-order valence-electron chi connectivity index (χ2n) is 9.01. The number of nitrogens with one attached hydrogen (secondary N) is 1. The van der Waals surface area contributed by atoms with Crippen LogP contribution in [0, 0.1) is 0 Å². The van der Waals surface area contributed by atoms with E-state index in [4.69, 9.17) is 4.74 Å². The van der Waals surface area contributed by atoms with E-state index in [1.165, 1.54) is 0 Å². The third kappa shape index (κ3) is 4.73. The van der Waals surface area contributed by atoms with E-state index in [1.807, 2.05) is 79.7 Å². The van der Waals surface area contributed by atoms with E-state index in [-0.39, 0.29) is 18.3 Å². The van der Waals surface area contributed by atoms with Crippen molar-refractivity contribution in [2.24, 2.45) is 0 Å². The molecule has 3 aromatic rings. The lowest BCUT2D eigenvalue weighted by Crippen LogP contribution is -2.36. The highest BCUT2D eigenvalue weighted by Gasteiger charge is 2.42. The van der Waals surface area contributed by atoms with E-state index >= 15 is 0 Å².